The van der Waals surface area contributed by atoms with Gasteiger partial charge in [-0.3, -0.25) is 4.79 Å². The summed E-state index contributed by atoms with van der Waals surface area (Å²) in [5.41, 5.74) is 0. The molecule has 18 heavy (non-hydrogen) atoms. The van der Waals surface area contributed by atoms with Crippen molar-refractivity contribution in [3.8, 4) is 0 Å². The van der Waals surface area contributed by atoms with E-state index >= 15 is 0 Å². The molecule has 2 atom stereocenters. The van der Waals surface area contributed by atoms with Crippen molar-refractivity contribution in [2.24, 2.45) is 5.92 Å². The Kier molecular flexibility index (Phi) is 4.94. The second-order valence-corrected chi connectivity index (χ2v) is 6.85. The van der Waals surface area contributed by atoms with Crippen molar-refractivity contribution < 1.29 is 14.4 Å². The Morgan fingerprint density at radius 1 is 1.61 bits per heavy atom. The molecule has 0 spiro atoms. The average molecular weight is 288 g/mol. The van der Waals surface area contributed by atoms with Gasteiger partial charge in [0.2, 0.25) is 5.89 Å². The number of nitrogens with zero attached hydrogens (tertiary/aromatic N) is 2. The zero-order chi connectivity index (χ0) is 13.0. The number of carbonyl (C=O) groups is 1. The van der Waals surface area contributed by atoms with Gasteiger partial charge in [-0.2, -0.15) is 16.7 Å². The molecule has 0 radical (unpaired) electrons. The summed E-state index contributed by atoms with van der Waals surface area (Å²) in [4.78, 5) is 15.0. The molecule has 2 unspecified atom stereocenters. The maximum Gasteiger partial charge on any atom is 0.303 e. The van der Waals surface area contributed by atoms with Crippen LogP contribution in [-0.2, 0) is 11.2 Å². The summed E-state index contributed by atoms with van der Waals surface area (Å²) in [5, 5.41) is 13.0. The average Bonchev–Trinajstić information content (AvgIpc) is 2.77. The van der Waals surface area contributed by atoms with E-state index in [4.69, 9.17) is 9.63 Å². The van der Waals surface area contributed by atoms with E-state index in [0.29, 0.717) is 17.6 Å². The molecule has 0 amide bonds. The quantitative estimate of drug-likeness (QED) is 0.890. The molecule has 7 heteroatoms. The zero-order valence-electron chi connectivity index (χ0n) is 10.2. The van der Waals surface area contributed by atoms with Crippen molar-refractivity contribution in [2.45, 2.75) is 25.0 Å². The molecule has 2 rings (SSSR count). The predicted molar refractivity (Wildman–Crippen MR) is 71.9 cm³/mol. The highest BCUT2D eigenvalue weighted by molar-refractivity contribution is 8.06. The van der Waals surface area contributed by atoms with Gasteiger partial charge in [-0.25, -0.2) is 0 Å². The van der Waals surface area contributed by atoms with Crippen LogP contribution in [-0.4, -0.2) is 38.5 Å². The molecule has 1 aliphatic rings. The summed E-state index contributed by atoms with van der Waals surface area (Å²) in [6.45, 7) is 1.88. The molecule has 0 aliphatic carbocycles. The fraction of sp³-hybridized carbons (Fsp3) is 0.727. The fourth-order valence-electron chi connectivity index (χ4n) is 1.79. The SMILES string of the molecule is CC(CC(=O)O)Cc1nc(C2CSCCS2)no1. The summed E-state index contributed by atoms with van der Waals surface area (Å²) in [5.74, 6) is 3.86. The number of carboxylic acids is 1. The molecule has 2 heterocycles. The molecular formula is C11H16N2O3S2. The number of carboxylic acid groups (broad SMARTS) is 1. The molecule has 1 N–H and O–H groups in total. The Labute approximate surface area is 114 Å². The highest BCUT2D eigenvalue weighted by atomic mass is 32.2. The maximum atomic E-state index is 10.6. The van der Waals surface area contributed by atoms with E-state index in [1.54, 1.807) is 0 Å². The third kappa shape index (κ3) is 3.91. The van der Waals surface area contributed by atoms with Gasteiger partial charge in [0.25, 0.3) is 0 Å². The molecule has 1 saturated heterocycles. The molecule has 0 aromatic carbocycles. The molecule has 1 aromatic rings. The van der Waals surface area contributed by atoms with Crippen LogP contribution < -0.4 is 0 Å². The van der Waals surface area contributed by atoms with E-state index < -0.39 is 5.97 Å². The van der Waals surface area contributed by atoms with Crippen molar-refractivity contribution >= 4 is 29.5 Å². The first-order chi connectivity index (χ1) is 8.65. The van der Waals surface area contributed by atoms with Crippen LogP contribution >= 0.6 is 23.5 Å². The van der Waals surface area contributed by atoms with Crippen LogP contribution in [0.25, 0.3) is 0 Å². The molecule has 100 valence electrons. The molecule has 1 fully saturated rings. The van der Waals surface area contributed by atoms with E-state index in [1.165, 1.54) is 5.75 Å². The van der Waals surface area contributed by atoms with E-state index in [1.807, 2.05) is 30.4 Å². The summed E-state index contributed by atoms with van der Waals surface area (Å²) in [6.07, 6.45) is 0.662. The lowest BCUT2D eigenvalue weighted by atomic mass is 10.0. The first-order valence-electron chi connectivity index (χ1n) is 5.88. The molecule has 0 saturated carbocycles. The van der Waals surface area contributed by atoms with Crippen molar-refractivity contribution in [1.82, 2.24) is 10.1 Å². The van der Waals surface area contributed by atoms with Gasteiger partial charge in [-0.1, -0.05) is 12.1 Å². The Morgan fingerprint density at radius 3 is 3.11 bits per heavy atom. The molecule has 1 aromatic heterocycles. The minimum Gasteiger partial charge on any atom is -0.481 e. The second kappa shape index (κ2) is 6.47. The van der Waals surface area contributed by atoms with Gasteiger partial charge in [0.1, 0.15) is 0 Å². The largest absolute Gasteiger partial charge is 0.481 e. The van der Waals surface area contributed by atoms with Crippen LogP contribution in [0.1, 0.15) is 30.3 Å². The predicted octanol–water partition coefficient (Wildman–Crippen LogP) is 2.24. The lowest BCUT2D eigenvalue weighted by Gasteiger charge is -2.17. The second-order valence-electron chi connectivity index (χ2n) is 4.39. The van der Waals surface area contributed by atoms with Gasteiger partial charge in [-0.15, -0.1) is 11.8 Å². The van der Waals surface area contributed by atoms with Crippen LogP contribution in [0.2, 0.25) is 0 Å². The van der Waals surface area contributed by atoms with E-state index in [-0.39, 0.29) is 12.3 Å². The van der Waals surface area contributed by atoms with Crippen LogP contribution in [0, 0.1) is 5.92 Å². The van der Waals surface area contributed by atoms with Crippen LogP contribution in [0.4, 0.5) is 0 Å². The number of aromatic nitrogens is 2. The van der Waals surface area contributed by atoms with Gasteiger partial charge in [0.15, 0.2) is 5.82 Å². The standard InChI is InChI=1S/C11H16N2O3S2/c1-7(5-10(14)15)4-9-12-11(13-16-9)8-6-17-2-3-18-8/h7-8H,2-6H2,1H3,(H,14,15). The number of hydrogen-bond donors (Lipinski definition) is 1. The highest BCUT2D eigenvalue weighted by Crippen LogP contribution is 2.35. The monoisotopic (exact) mass is 288 g/mol. The highest BCUT2D eigenvalue weighted by Gasteiger charge is 2.22. The van der Waals surface area contributed by atoms with Crippen LogP contribution in [0.5, 0.6) is 0 Å². The normalized spacial score (nSPS) is 21.7. The lowest BCUT2D eigenvalue weighted by Crippen LogP contribution is -2.09. The Bertz CT molecular complexity index is 405. The smallest absolute Gasteiger partial charge is 0.303 e. The Balaban J connectivity index is 1.91. The first kappa shape index (κ1) is 13.7. The fourth-order valence-corrected chi connectivity index (χ4v) is 4.38. The molecule has 0 bridgehead atoms. The summed E-state index contributed by atoms with van der Waals surface area (Å²) < 4.78 is 5.19. The molecule has 1 aliphatic heterocycles. The van der Waals surface area contributed by atoms with Gasteiger partial charge >= 0.3 is 5.97 Å². The summed E-state index contributed by atoms with van der Waals surface area (Å²) >= 11 is 3.77. The Hall–Kier alpha value is -0.690. The maximum absolute atomic E-state index is 10.6. The lowest BCUT2D eigenvalue weighted by molar-refractivity contribution is -0.137. The number of rotatable bonds is 5. The minimum absolute atomic E-state index is 0.0178. The van der Waals surface area contributed by atoms with E-state index in [9.17, 15) is 4.79 Å². The third-order valence-corrected chi connectivity index (χ3v) is 5.38. The van der Waals surface area contributed by atoms with Crippen molar-refractivity contribution in [2.75, 3.05) is 17.3 Å². The van der Waals surface area contributed by atoms with Gasteiger partial charge < -0.3 is 9.63 Å². The van der Waals surface area contributed by atoms with Crippen molar-refractivity contribution in [3.05, 3.63) is 11.7 Å². The van der Waals surface area contributed by atoms with Crippen molar-refractivity contribution in [3.63, 3.8) is 0 Å². The third-order valence-electron chi connectivity index (χ3n) is 2.63. The van der Waals surface area contributed by atoms with Crippen LogP contribution in [0.15, 0.2) is 4.52 Å². The molecule has 5 nitrogen and oxygen atoms in total. The van der Waals surface area contributed by atoms with E-state index in [2.05, 4.69) is 10.1 Å². The Morgan fingerprint density at radius 2 is 2.44 bits per heavy atom. The van der Waals surface area contributed by atoms with E-state index in [0.717, 1.165) is 17.3 Å². The molecular weight excluding hydrogens is 272 g/mol. The number of aliphatic carboxylic acids is 1. The summed E-state index contributed by atoms with van der Waals surface area (Å²) in [6, 6.07) is 0. The van der Waals surface area contributed by atoms with Gasteiger partial charge in [-0.05, 0) is 5.92 Å². The topological polar surface area (TPSA) is 76.2 Å². The summed E-state index contributed by atoms with van der Waals surface area (Å²) in [7, 11) is 0. The van der Waals surface area contributed by atoms with Gasteiger partial charge in [0, 0.05) is 30.1 Å². The van der Waals surface area contributed by atoms with Crippen LogP contribution in [0.3, 0.4) is 0 Å². The zero-order valence-corrected chi connectivity index (χ0v) is 11.8. The van der Waals surface area contributed by atoms with Gasteiger partial charge in [0.05, 0.1) is 5.25 Å². The minimum atomic E-state index is -0.790. The number of thioether (sulfide) groups is 2. The number of hydrogen-bond acceptors (Lipinski definition) is 6. The first-order valence-corrected chi connectivity index (χ1v) is 8.09. The van der Waals surface area contributed by atoms with Crippen molar-refractivity contribution in [1.29, 1.82) is 0 Å².